The van der Waals surface area contributed by atoms with Gasteiger partial charge < -0.3 is 15.8 Å². The molecular formula is C16H22ClFN2O2. The van der Waals surface area contributed by atoms with Crippen LogP contribution in [0.2, 0.25) is 0 Å². The molecule has 4 unspecified atom stereocenters. The first-order valence-corrected chi connectivity index (χ1v) is 7.54. The van der Waals surface area contributed by atoms with Crippen molar-refractivity contribution in [2.24, 2.45) is 23.5 Å². The number of nitrogens with two attached hydrogens (primary N) is 1. The molecule has 2 aliphatic rings. The molecule has 0 radical (unpaired) electrons. The number of alkyl halides is 1. The van der Waals surface area contributed by atoms with E-state index in [0.717, 1.165) is 19.3 Å². The number of nitrogens with one attached hydrogen (secondary N) is 1. The smallest absolute Gasteiger partial charge is 0.229 e. The molecule has 122 valence electrons. The zero-order chi connectivity index (χ0) is 14.8. The van der Waals surface area contributed by atoms with Gasteiger partial charge in [0.15, 0.2) is 0 Å². The van der Waals surface area contributed by atoms with Gasteiger partial charge in [-0.05, 0) is 43.2 Å². The van der Waals surface area contributed by atoms with Crippen molar-refractivity contribution < 1.29 is 13.9 Å². The summed E-state index contributed by atoms with van der Waals surface area (Å²) in [7, 11) is 0. The highest BCUT2D eigenvalue weighted by atomic mass is 35.5. The lowest BCUT2D eigenvalue weighted by molar-refractivity contribution is -0.121. The van der Waals surface area contributed by atoms with Crippen molar-refractivity contribution in [3.63, 3.8) is 0 Å². The number of carbonyl (C=O) groups is 1. The number of amides is 1. The summed E-state index contributed by atoms with van der Waals surface area (Å²) in [6, 6.07) is 7.03. The first-order chi connectivity index (χ1) is 10.2. The summed E-state index contributed by atoms with van der Waals surface area (Å²) in [5.41, 5.74) is 6.86. The zero-order valence-corrected chi connectivity index (χ0v) is 13.2. The first-order valence-electron chi connectivity index (χ1n) is 7.54. The predicted octanol–water partition coefficient (Wildman–Crippen LogP) is 2.77. The average Bonchev–Trinajstić information content (AvgIpc) is 3.06. The molecule has 0 saturated heterocycles. The number of hydrogen-bond donors (Lipinski definition) is 2. The minimum Gasteiger partial charge on any atom is -0.491 e. The van der Waals surface area contributed by atoms with Gasteiger partial charge in [0.25, 0.3) is 0 Å². The number of halogens is 2. The van der Waals surface area contributed by atoms with Crippen LogP contribution in [0.4, 0.5) is 10.1 Å². The first kappa shape index (κ1) is 17.0. The number of hydrogen-bond acceptors (Lipinski definition) is 3. The van der Waals surface area contributed by atoms with Crippen LogP contribution in [-0.2, 0) is 4.79 Å². The third kappa shape index (κ3) is 3.36. The highest BCUT2D eigenvalue weighted by Crippen LogP contribution is 2.47. The van der Waals surface area contributed by atoms with Gasteiger partial charge in [-0.3, -0.25) is 4.79 Å². The molecule has 6 heteroatoms. The number of ether oxygens (including phenoxy) is 1. The lowest BCUT2D eigenvalue weighted by Crippen LogP contribution is -2.42. The molecule has 4 atom stereocenters. The fourth-order valence-corrected chi connectivity index (χ4v) is 3.77. The molecule has 22 heavy (non-hydrogen) atoms. The van der Waals surface area contributed by atoms with Gasteiger partial charge in [0.1, 0.15) is 19.0 Å². The second kappa shape index (κ2) is 7.29. The minimum atomic E-state index is -0.531. The molecule has 2 aliphatic carbocycles. The third-order valence-electron chi connectivity index (χ3n) is 4.73. The maximum Gasteiger partial charge on any atom is 0.229 e. The molecule has 2 fully saturated rings. The lowest BCUT2D eigenvalue weighted by Gasteiger charge is -2.27. The molecule has 0 aliphatic heterocycles. The van der Waals surface area contributed by atoms with Crippen LogP contribution in [0.5, 0.6) is 5.75 Å². The normalized spacial score (nSPS) is 29.0. The molecule has 2 saturated carbocycles. The van der Waals surface area contributed by atoms with Crippen LogP contribution in [0.25, 0.3) is 0 Å². The molecule has 1 aromatic rings. The largest absolute Gasteiger partial charge is 0.491 e. The van der Waals surface area contributed by atoms with Crippen molar-refractivity contribution >= 4 is 24.0 Å². The average molecular weight is 329 g/mol. The Labute approximate surface area is 136 Å². The molecule has 1 amide bonds. The highest BCUT2D eigenvalue weighted by molar-refractivity contribution is 5.93. The molecule has 1 aromatic carbocycles. The van der Waals surface area contributed by atoms with E-state index >= 15 is 0 Å². The Bertz CT molecular complexity index is 527. The zero-order valence-electron chi connectivity index (χ0n) is 12.3. The van der Waals surface area contributed by atoms with Crippen LogP contribution < -0.4 is 15.8 Å². The molecule has 3 N–H and O–H groups in total. The monoisotopic (exact) mass is 328 g/mol. The van der Waals surface area contributed by atoms with E-state index in [1.54, 1.807) is 24.3 Å². The van der Waals surface area contributed by atoms with Gasteiger partial charge in [0.2, 0.25) is 5.91 Å². The molecule has 0 aromatic heterocycles. The summed E-state index contributed by atoms with van der Waals surface area (Å²) in [6.07, 6.45) is 3.34. The van der Waals surface area contributed by atoms with Crippen molar-refractivity contribution in [1.82, 2.24) is 0 Å². The summed E-state index contributed by atoms with van der Waals surface area (Å²) in [5, 5.41) is 2.92. The van der Waals surface area contributed by atoms with Crippen LogP contribution in [0.3, 0.4) is 0 Å². The molecule has 2 bridgehead atoms. The Kier molecular flexibility index (Phi) is 5.64. The van der Waals surface area contributed by atoms with Crippen LogP contribution in [0, 0.1) is 17.8 Å². The van der Waals surface area contributed by atoms with Gasteiger partial charge in [-0.15, -0.1) is 12.4 Å². The van der Waals surface area contributed by atoms with Crippen molar-refractivity contribution in [3.8, 4) is 5.75 Å². The predicted molar refractivity (Wildman–Crippen MR) is 86.1 cm³/mol. The van der Waals surface area contributed by atoms with E-state index in [0.29, 0.717) is 23.3 Å². The fraction of sp³-hybridized carbons (Fsp3) is 0.562. The van der Waals surface area contributed by atoms with Gasteiger partial charge >= 0.3 is 0 Å². The molecule has 3 rings (SSSR count). The van der Waals surface area contributed by atoms with Crippen LogP contribution in [-0.4, -0.2) is 25.2 Å². The lowest BCUT2D eigenvalue weighted by atomic mass is 9.84. The van der Waals surface area contributed by atoms with Gasteiger partial charge in [-0.1, -0.05) is 6.07 Å². The minimum absolute atomic E-state index is 0. The number of anilines is 1. The number of carbonyl (C=O) groups excluding carboxylic acids is 1. The van der Waals surface area contributed by atoms with Crippen LogP contribution in [0.15, 0.2) is 24.3 Å². The second-order valence-electron chi connectivity index (χ2n) is 5.99. The molecule has 4 nitrogen and oxygen atoms in total. The summed E-state index contributed by atoms with van der Waals surface area (Å²) in [6.45, 7) is -0.509. The van der Waals surface area contributed by atoms with E-state index in [1.165, 1.54) is 0 Å². The van der Waals surface area contributed by atoms with Gasteiger partial charge in [-0.25, -0.2) is 4.39 Å². The van der Waals surface area contributed by atoms with Crippen molar-refractivity contribution in [2.45, 2.75) is 25.3 Å². The van der Waals surface area contributed by atoms with Crippen LogP contribution in [0.1, 0.15) is 19.3 Å². The Morgan fingerprint density at radius 3 is 2.82 bits per heavy atom. The maximum absolute atomic E-state index is 12.4. The van der Waals surface area contributed by atoms with E-state index < -0.39 is 6.67 Å². The third-order valence-corrected chi connectivity index (χ3v) is 4.73. The molecule has 0 heterocycles. The van der Waals surface area contributed by atoms with E-state index in [1.807, 2.05) is 0 Å². The Balaban J connectivity index is 0.00000176. The second-order valence-corrected chi connectivity index (χ2v) is 5.99. The highest BCUT2D eigenvalue weighted by Gasteiger charge is 2.49. The van der Waals surface area contributed by atoms with Gasteiger partial charge in [0.05, 0.1) is 5.92 Å². The Hall–Kier alpha value is -1.33. The topological polar surface area (TPSA) is 64.4 Å². The van der Waals surface area contributed by atoms with E-state index in [4.69, 9.17) is 10.5 Å². The summed E-state index contributed by atoms with van der Waals surface area (Å²) < 4.78 is 17.3. The Morgan fingerprint density at radius 2 is 2.14 bits per heavy atom. The molecular weight excluding hydrogens is 307 g/mol. The van der Waals surface area contributed by atoms with Crippen LogP contribution >= 0.6 is 12.4 Å². The van der Waals surface area contributed by atoms with E-state index in [9.17, 15) is 9.18 Å². The van der Waals surface area contributed by atoms with E-state index in [-0.39, 0.29) is 36.9 Å². The van der Waals surface area contributed by atoms with Crippen molar-refractivity contribution in [1.29, 1.82) is 0 Å². The summed E-state index contributed by atoms with van der Waals surface area (Å²) in [5.74, 6) is 1.40. The quantitative estimate of drug-likeness (QED) is 0.873. The summed E-state index contributed by atoms with van der Waals surface area (Å²) in [4.78, 5) is 12.4. The van der Waals surface area contributed by atoms with Gasteiger partial charge in [0, 0.05) is 17.8 Å². The SMILES string of the molecule is Cl.NC1C2CCC(C2)C1C(=O)Nc1cccc(OCCF)c1. The van der Waals surface area contributed by atoms with E-state index in [2.05, 4.69) is 5.32 Å². The number of fused-ring (bicyclic) bond motifs is 2. The fourth-order valence-electron chi connectivity index (χ4n) is 3.77. The number of rotatable bonds is 5. The Morgan fingerprint density at radius 1 is 1.36 bits per heavy atom. The van der Waals surface area contributed by atoms with Crippen molar-refractivity contribution in [3.05, 3.63) is 24.3 Å². The number of benzene rings is 1. The summed E-state index contributed by atoms with van der Waals surface area (Å²) >= 11 is 0. The van der Waals surface area contributed by atoms with Crippen molar-refractivity contribution in [2.75, 3.05) is 18.6 Å². The maximum atomic E-state index is 12.4. The standard InChI is InChI=1S/C16H21FN2O2.ClH/c17-6-7-21-13-3-1-2-12(9-13)19-16(20)14-10-4-5-11(8-10)15(14)18;/h1-3,9-11,14-15H,4-8,18H2,(H,19,20);1H. The van der Waals surface area contributed by atoms with Gasteiger partial charge in [-0.2, -0.15) is 0 Å². The molecule has 0 spiro atoms.